The Kier molecular flexibility index (Phi) is 7.26. The molecule has 0 unspecified atom stereocenters. The highest BCUT2D eigenvalue weighted by Gasteiger charge is 2.22. The van der Waals surface area contributed by atoms with Crippen molar-refractivity contribution >= 4 is 38.9 Å². The van der Waals surface area contributed by atoms with Gasteiger partial charge in [0.2, 0.25) is 15.9 Å². The van der Waals surface area contributed by atoms with E-state index in [1.54, 1.807) is 25.1 Å². The highest BCUT2D eigenvalue weighted by molar-refractivity contribution is 7.92. The van der Waals surface area contributed by atoms with Crippen LogP contribution < -0.4 is 14.5 Å². The van der Waals surface area contributed by atoms with Crippen molar-refractivity contribution in [2.24, 2.45) is 0 Å². The topological polar surface area (TPSA) is 69.7 Å². The molecule has 0 atom stereocenters. The molecule has 1 N–H and O–H groups in total. The summed E-state index contributed by atoms with van der Waals surface area (Å²) in [6.07, 6.45) is 4.82. The third-order valence-corrected chi connectivity index (χ3v) is 6.64. The zero-order chi connectivity index (χ0) is 21.7. The van der Waals surface area contributed by atoms with Crippen LogP contribution in [-0.4, -0.2) is 40.2 Å². The van der Waals surface area contributed by atoms with Crippen LogP contribution in [0, 0.1) is 6.92 Å². The number of aryl methyl sites for hydroxylation is 1. The molecule has 0 saturated carbocycles. The molecule has 0 aliphatic carbocycles. The molecule has 1 aliphatic heterocycles. The molecule has 0 bridgehead atoms. The highest BCUT2D eigenvalue weighted by atomic mass is 35.5. The van der Waals surface area contributed by atoms with Gasteiger partial charge < -0.3 is 10.2 Å². The van der Waals surface area contributed by atoms with Crippen LogP contribution in [0.4, 0.5) is 11.4 Å². The summed E-state index contributed by atoms with van der Waals surface area (Å²) in [5.41, 5.74) is 3.30. The number of carbonyl (C=O) groups is 1. The maximum Gasteiger partial charge on any atom is 0.241 e. The lowest BCUT2D eigenvalue weighted by molar-refractivity contribution is -0.119. The summed E-state index contributed by atoms with van der Waals surface area (Å²) in [4.78, 5) is 14.9. The molecule has 3 rings (SSSR count). The van der Waals surface area contributed by atoms with Gasteiger partial charge in [-0.15, -0.1) is 0 Å². The van der Waals surface area contributed by atoms with E-state index in [0.717, 1.165) is 34.8 Å². The summed E-state index contributed by atoms with van der Waals surface area (Å²) < 4.78 is 25.7. The molecule has 30 heavy (non-hydrogen) atoms. The predicted molar refractivity (Wildman–Crippen MR) is 123 cm³/mol. The van der Waals surface area contributed by atoms with Crippen molar-refractivity contribution in [1.82, 2.24) is 5.32 Å². The van der Waals surface area contributed by atoms with E-state index < -0.39 is 10.0 Å². The molecule has 1 fully saturated rings. The average molecular weight is 450 g/mol. The summed E-state index contributed by atoms with van der Waals surface area (Å²) in [6, 6.07) is 13.1. The minimum absolute atomic E-state index is 0.300. The van der Waals surface area contributed by atoms with E-state index in [1.807, 2.05) is 12.1 Å². The van der Waals surface area contributed by atoms with Gasteiger partial charge >= 0.3 is 0 Å². The van der Waals surface area contributed by atoms with Crippen LogP contribution in [0.25, 0.3) is 0 Å². The lowest BCUT2D eigenvalue weighted by Crippen LogP contribution is -2.40. The van der Waals surface area contributed by atoms with Crippen molar-refractivity contribution in [3.8, 4) is 0 Å². The first-order chi connectivity index (χ1) is 14.2. The second kappa shape index (κ2) is 9.71. The summed E-state index contributed by atoms with van der Waals surface area (Å²) in [7, 11) is -3.64. The molecule has 8 heteroatoms. The Hall–Kier alpha value is -2.25. The average Bonchev–Trinajstić information content (AvgIpc) is 2.72. The van der Waals surface area contributed by atoms with Gasteiger partial charge in [-0.3, -0.25) is 9.10 Å². The van der Waals surface area contributed by atoms with Crippen molar-refractivity contribution in [3.05, 3.63) is 58.6 Å². The quantitative estimate of drug-likeness (QED) is 0.699. The van der Waals surface area contributed by atoms with Crippen LogP contribution >= 0.6 is 11.6 Å². The van der Waals surface area contributed by atoms with Gasteiger partial charge in [0.15, 0.2) is 0 Å². The normalized spacial score (nSPS) is 14.4. The van der Waals surface area contributed by atoms with Crippen molar-refractivity contribution in [1.29, 1.82) is 0 Å². The first kappa shape index (κ1) is 22.4. The lowest BCUT2D eigenvalue weighted by Gasteiger charge is -2.28. The molecule has 0 spiro atoms. The van der Waals surface area contributed by atoms with Crippen molar-refractivity contribution < 1.29 is 13.2 Å². The number of sulfonamides is 1. The van der Waals surface area contributed by atoms with Crippen molar-refractivity contribution in [2.75, 3.05) is 35.1 Å². The van der Waals surface area contributed by atoms with Gasteiger partial charge in [0.05, 0.1) is 11.9 Å². The SMILES string of the molecule is Cc1ccc(Cl)cc1N(CC(=O)NCc1ccc(N2CCCCC2)cc1)S(C)(=O)=O. The van der Waals surface area contributed by atoms with Crippen molar-refractivity contribution in [2.45, 2.75) is 32.7 Å². The molecule has 2 aromatic carbocycles. The fourth-order valence-electron chi connectivity index (χ4n) is 3.60. The number of nitrogens with zero attached hydrogens (tertiary/aromatic N) is 2. The van der Waals surface area contributed by atoms with Gasteiger partial charge in [0.1, 0.15) is 6.54 Å². The monoisotopic (exact) mass is 449 g/mol. The number of piperidine rings is 1. The Morgan fingerprint density at radius 1 is 1.10 bits per heavy atom. The van der Waals surface area contributed by atoms with E-state index in [1.165, 1.54) is 24.9 Å². The van der Waals surface area contributed by atoms with E-state index >= 15 is 0 Å². The van der Waals surface area contributed by atoms with Gasteiger partial charge in [-0.25, -0.2) is 8.42 Å². The number of amides is 1. The predicted octanol–water partition coefficient (Wildman–Crippen LogP) is 3.72. The van der Waals surface area contributed by atoms with E-state index in [0.29, 0.717) is 17.3 Å². The number of carbonyl (C=O) groups excluding carboxylic acids is 1. The smallest absolute Gasteiger partial charge is 0.241 e. The molecule has 162 valence electrons. The van der Waals surface area contributed by atoms with Crippen LogP contribution in [0.15, 0.2) is 42.5 Å². The third kappa shape index (κ3) is 5.89. The second-order valence-corrected chi connectivity index (χ2v) is 10.0. The Morgan fingerprint density at radius 2 is 1.77 bits per heavy atom. The van der Waals surface area contributed by atoms with E-state index in [2.05, 4.69) is 22.3 Å². The molecular formula is C22H28ClN3O3S. The van der Waals surface area contributed by atoms with E-state index in [9.17, 15) is 13.2 Å². The number of anilines is 2. The van der Waals surface area contributed by atoms with Crippen LogP contribution in [0.1, 0.15) is 30.4 Å². The standard InChI is InChI=1S/C22H28ClN3O3S/c1-17-6-9-19(23)14-21(17)26(30(2,28)29)16-22(27)24-15-18-7-10-20(11-8-18)25-12-4-3-5-13-25/h6-11,14H,3-5,12-13,15-16H2,1-2H3,(H,24,27). The van der Waals surface area contributed by atoms with Gasteiger partial charge in [0.25, 0.3) is 0 Å². The molecule has 0 radical (unpaired) electrons. The first-order valence-electron chi connectivity index (χ1n) is 10.1. The number of rotatable bonds is 7. The number of hydrogen-bond donors (Lipinski definition) is 1. The third-order valence-electron chi connectivity index (χ3n) is 5.27. The Bertz CT molecular complexity index is 987. The molecule has 1 saturated heterocycles. The van der Waals surface area contributed by atoms with Gasteiger partial charge in [-0.2, -0.15) is 0 Å². The molecule has 0 aromatic heterocycles. The van der Waals surface area contributed by atoms with Crippen LogP contribution in [0.3, 0.4) is 0 Å². The van der Waals surface area contributed by atoms with Crippen LogP contribution in [-0.2, 0) is 21.4 Å². The number of hydrogen-bond acceptors (Lipinski definition) is 4. The van der Waals surface area contributed by atoms with E-state index in [-0.39, 0.29) is 12.5 Å². The second-order valence-electron chi connectivity index (χ2n) is 7.69. The molecule has 1 aliphatic rings. The molecule has 1 amide bonds. The Labute approximate surface area is 183 Å². The van der Waals surface area contributed by atoms with Crippen LogP contribution in [0.2, 0.25) is 5.02 Å². The molecule has 2 aromatic rings. The number of nitrogens with one attached hydrogen (secondary N) is 1. The minimum Gasteiger partial charge on any atom is -0.372 e. The zero-order valence-corrected chi connectivity index (χ0v) is 19.0. The Morgan fingerprint density at radius 3 is 2.40 bits per heavy atom. The van der Waals surface area contributed by atoms with E-state index in [4.69, 9.17) is 11.6 Å². The fourth-order valence-corrected chi connectivity index (χ4v) is 4.67. The maximum absolute atomic E-state index is 12.5. The summed E-state index contributed by atoms with van der Waals surface area (Å²) in [6.45, 7) is 3.99. The van der Waals surface area contributed by atoms with Crippen molar-refractivity contribution in [3.63, 3.8) is 0 Å². The Balaban J connectivity index is 1.62. The number of halogens is 1. The lowest BCUT2D eigenvalue weighted by atomic mass is 10.1. The first-order valence-corrected chi connectivity index (χ1v) is 12.3. The molecule has 1 heterocycles. The molecule has 6 nitrogen and oxygen atoms in total. The largest absolute Gasteiger partial charge is 0.372 e. The summed E-state index contributed by atoms with van der Waals surface area (Å²) in [5.74, 6) is -0.375. The summed E-state index contributed by atoms with van der Waals surface area (Å²) >= 11 is 6.03. The number of benzene rings is 2. The highest BCUT2D eigenvalue weighted by Crippen LogP contribution is 2.26. The fraction of sp³-hybridized carbons (Fsp3) is 0.409. The minimum atomic E-state index is -3.64. The van der Waals surface area contributed by atoms with Gasteiger partial charge in [-0.1, -0.05) is 29.8 Å². The maximum atomic E-state index is 12.5. The zero-order valence-electron chi connectivity index (χ0n) is 17.4. The summed E-state index contributed by atoms with van der Waals surface area (Å²) in [5, 5.41) is 3.23. The molecular weight excluding hydrogens is 422 g/mol. The van der Waals surface area contributed by atoms with Gasteiger partial charge in [0, 0.05) is 30.3 Å². The van der Waals surface area contributed by atoms with Crippen LogP contribution in [0.5, 0.6) is 0 Å². The van der Waals surface area contributed by atoms with Gasteiger partial charge in [-0.05, 0) is 61.6 Å².